The average molecular weight is 322 g/mol. The first-order valence-electron chi connectivity index (χ1n) is 7.60. The molecule has 0 amide bonds. The van der Waals surface area contributed by atoms with Crippen LogP contribution in [-0.4, -0.2) is 18.1 Å². The molecule has 0 bridgehead atoms. The van der Waals surface area contributed by atoms with Crippen LogP contribution in [0.3, 0.4) is 0 Å². The fourth-order valence-electron chi connectivity index (χ4n) is 2.32. The van der Waals surface area contributed by atoms with Gasteiger partial charge in [0.25, 0.3) is 0 Å². The van der Waals surface area contributed by atoms with Gasteiger partial charge in [0, 0.05) is 29.4 Å². The van der Waals surface area contributed by atoms with Gasteiger partial charge in [-0.1, -0.05) is 19.9 Å². The number of nitrogens with zero attached hydrogens (tertiary/aromatic N) is 2. The zero-order chi connectivity index (χ0) is 14.8. The molecule has 0 unspecified atom stereocenters. The molecule has 0 atom stereocenters. The minimum absolute atomic E-state index is 0.487. The fourth-order valence-corrected chi connectivity index (χ4v) is 4.20. The molecule has 1 aliphatic carbocycles. The largest absolute Gasteiger partial charge is 0.346 e. The van der Waals surface area contributed by atoms with Crippen LogP contribution in [0.1, 0.15) is 48.1 Å². The third-order valence-electron chi connectivity index (χ3n) is 3.69. The highest BCUT2D eigenvalue weighted by molar-refractivity contribution is 7.15. The van der Waals surface area contributed by atoms with Crippen LogP contribution in [0.4, 0.5) is 5.13 Å². The van der Waals surface area contributed by atoms with E-state index in [2.05, 4.69) is 48.6 Å². The summed E-state index contributed by atoms with van der Waals surface area (Å²) >= 11 is 3.65. The first-order chi connectivity index (χ1) is 10.1. The Morgan fingerprint density at radius 3 is 2.86 bits per heavy atom. The lowest BCUT2D eigenvalue weighted by Crippen LogP contribution is -2.15. The summed E-state index contributed by atoms with van der Waals surface area (Å²) in [4.78, 5) is 9.96. The summed E-state index contributed by atoms with van der Waals surface area (Å²) in [5, 5.41) is 6.89. The number of thiophene rings is 1. The molecule has 2 aromatic rings. The maximum absolute atomic E-state index is 4.90. The summed E-state index contributed by atoms with van der Waals surface area (Å²) in [6.07, 6.45) is 2.67. The summed E-state index contributed by atoms with van der Waals surface area (Å²) in [5.74, 6) is 0.487. The average Bonchev–Trinajstić information content (AvgIpc) is 2.97. The molecule has 3 nitrogen and oxygen atoms in total. The number of aromatic nitrogens is 1. The number of anilines is 1. The topological polar surface area (TPSA) is 28.2 Å². The monoisotopic (exact) mass is 321 g/mol. The molecular weight excluding hydrogens is 298 g/mol. The van der Waals surface area contributed by atoms with E-state index in [0.29, 0.717) is 5.92 Å². The number of hydrogen-bond acceptors (Lipinski definition) is 5. The van der Waals surface area contributed by atoms with Gasteiger partial charge in [-0.2, -0.15) is 0 Å². The number of thiazole rings is 1. The highest BCUT2D eigenvalue weighted by atomic mass is 32.1. The van der Waals surface area contributed by atoms with Gasteiger partial charge in [0.2, 0.25) is 0 Å². The quantitative estimate of drug-likeness (QED) is 0.828. The van der Waals surface area contributed by atoms with Crippen molar-refractivity contribution in [1.82, 2.24) is 10.3 Å². The Kier molecular flexibility index (Phi) is 4.62. The molecule has 1 saturated carbocycles. The van der Waals surface area contributed by atoms with Crippen LogP contribution in [-0.2, 0) is 13.1 Å². The van der Waals surface area contributed by atoms with Crippen LogP contribution in [0.25, 0.3) is 0 Å². The standard InChI is InChI=1S/C16H23N3S2/c1-11(2)15-14(9-17-12-6-7-12)21-16(18-15)19(3)10-13-5-4-8-20-13/h4-5,8,11-12,17H,6-7,9-10H2,1-3H3. The third-order valence-corrected chi connectivity index (χ3v) is 5.74. The molecular formula is C16H23N3S2. The Balaban J connectivity index is 1.72. The molecule has 0 radical (unpaired) electrons. The van der Waals surface area contributed by atoms with Crippen molar-refractivity contribution in [3.63, 3.8) is 0 Å². The van der Waals surface area contributed by atoms with E-state index in [9.17, 15) is 0 Å². The van der Waals surface area contributed by atoms with Crippen molar-refractivity contribution in [3.05, 3.63) is 33.0 Å². The van der Waals surface area contributed by atoms with Crippen molar-refractivity contribution < 1.29 is 0 Å². The molecule has 114 valence electrons. The molecule has 5 heteroatoms. The van der Waals surface area contributed by atoms with Crippen molar-refractivity contribution in [2.24, 2.45) is 0 Å². The molecule has 1 fully saturated rings. The van der Waals surface area contributed by atoms with Crippen LogP contribution < -0.4 is 10.2 Å². The number of rotatable bonds is 7. The lowest BCUT2D eigenvalue weighted by molar-refractivity contribution is 0.680. The van der Waals surface area contributed by atoms with Crippen LogP contribution in [0.15, 0.2) is 17.5 Å². The highest BCUT2D eigenvalue weighted by Crippen LogP contribution is 2.32. The molecule has 2 heterocycles. The second-order valence-corrected chi connectivity index (χ2v) is 8.14. The van der Waals surface area contributed by atoms with E-state index in [-0.39, 0.29) is 0 Å². The van der Waals surface area contributed by atoms with Gasteiger partial charge in [0.1, 0.15) is 0 Å². The molecule has 3 rings (SSSR count). The van der Waals surface area contributed by atoms with Gasteiger partial charge < -0.3 is 10.2 Å². The third kappa shape index (κ3) is 3.84. The Hall–Kier alpha value is -0.910. The summed E-state index contributed by atoms with van der Waals surface area (Å²) in [6.45, 7) is 6.39. The summed E-state index contributed by atoms with van der Waals surface area (Å²) in [5.41, 5.74) is 1.26. The normalized spacial score (nSPS) is 14.9. The number of hydrogen-bond donors (Lipinski definition) is 1. The Labute approximate surface area is 135 Å². The van der Waals surface area contributed by atoms with E-state index >= 15 is 0 Å². The molecule has 0 aromatic carbocycles. The van der Waals surface area contributed by atoms with Crippen LogP contribution in [0.2, 0.25) is 0 Å². The second-order valence-electron chi connectivity index (χ2n) is 6.05. The lowest BCUT2D eigenvalue weighted by Gasteiger charge is -2.14. The van der Waals surface area contributed by atoms with Crippen molar-refractivity contribution in [2.75, 3.05) is 11.9 Å². The van der Waals surface area contributed by atoms with Crippen molar-refractivity contribution in [2.45, 2.75) is 51.7 Å². The molecule has 1 aliphatic rings. The van der Waals surface area contributed by atoms with Gasteiger partial charge in [-0.3, -0.25) is 0 Å². The minimum atomic E-state index is 0.487. The van der Waals surface area contributed by atoms with Crippen LogP contribution >= 0.6 is 22.7 Å². The SMILES string of the molecule is CC(C)c1nc(N(C)Cc2cccs2)sc1CNC1CC1. The van der Waals surface area contributed by atoms with Crippen LogP contribution in [0, 0.1) is 0 Å². The molecule has 21 heavy (non-hydrogen) atoms. The van der Waals surface area contributed by atoms with Gasteiger partial charge in [-0.15, -0.1) is 22.7 Å². The van der Waals surface area contributed by atoms with Gasteiger partial charge in [-0.25, -0.2) is 4.98 Å². The van der Waals surface area contributed by atoms with E-state index in [1.165, 1.54) is 28.3 Å². The molecule has 0 saturated heterocycles. The summed E-state index contributed by atoms with van der Waals surface area (Å²) < 4.78 is 0. The first-order valence-corrected chi connectivity index (χ1v) is 9.29. The van der Waals surface area contributed by atoms with E-state index in [4.69, 9.17) is 4.98 Å². The Morgan fingerprint density at radius 1 is 1.43 bits per heavy atom. The van der Waals surface area contributed by atoms with Gasteiger partial charge in [0.15, 0.2) is 5.13 Å². The maximum atomic E-state index is 4.90. The maximum Gasteiger partial charge on any atom is 0.185 e. The van der Waals surface area contributed by atoms with Crippen molar-refractivity contribution in [3.8, 4) is 0 Å². The summed E-state index contributed by atoms with van der Waals surface area (Å²) in [6, 6.07) is 5.05. The van der Waals surface area contributed by atoms with Crippen molar-refractivity contribution >= 4 is 27.8 Å². The first kappa shape index (κ1) is 15.0. The minimum Gasteiger partial charge on any atom is -0.346 e. The molecule has 0 aliphatic heterocycles. The molecule has 2 aromatic heterocycles. The van der Waals surface area contributed by atoms with Gasteiger partial charge in [0.05, 0.1) is 12.2 Å². The van der Waals surface area contributed by atoms with Crippen LogP contribution in [0.5, 0.6) is 0 Å². The van der Waals surface area contributed by atoms with E-state index in [0.717, 1.165) is 24.3 Å². The van der Waals surface area contributed by atoms with E-state index in [1.54, 1.807) is 0 Å². The molecule has 0 spiro atoms. The predicted octanol–water partition coefficient (Wildman–Crippen LogP) is 4.22. The Bertz CT molecular complexity index is 570. The lowest BCUT2D eigenvalue weighted by atomic mass is 10.1. The van der Waals surface area contributed by atoms with Gasteiger partial charge in [-0.05, 0) is 30.2 Å². The summed E-state index contributed by atoms with van der Waals surface area (Å²) in [7, 11) is 2.14. The fraction of sp³-hybridized carbons (Fsp3) is 0.562. The smallest absolute Gasteiger partial charge is 0.185 e. The van der Waals surface area contributed by atoms with Gasteiger partial charge >= 0.3 is 0 Å². The van der Waals surface area contributed by atoms with E-state index in [1.807, 2.05) is 22.7 Å². The highest BCUT2D eigenvalue weighted by Gasteiger charge is 2.22. The van der Waals surface area contributed by atoms with Crippen molar-refractivity contribution in [1.29, 1.82) is 0 Å². The zero-order valence-electron chi connectivity index (χ0n) is 12.9. The number of nitrogens with one attached hydrogen (secondary N) is 1. The Morgan fingerprint density at radius 2 is 2.24 bits per heavy atom. The molecule has 1 N–H and O–H groups in total. The second kappa shape index (κ2) is 6.46. The van der Waals surface area contributed by atoms with E-state index < -0.39 is 0 Å². The zero-order valence-corrected chi connectivity index (χ0v) is 14.6. The predicted molar refractivity (Wildman–Crippen MR) is 92.5 cm³/mol.